The minimum absolute atomic E-state index is 0.0158. The van der Waals surface area contributed by atoms with Crippen molar-refractivity contribution in [3.05, 3.63) is 16.7 Å². The molecule has 3 rings (SSSR count). The SMILES string of the molecule is CCC(C)(C)C(=O)SCCO[P+](=O)OC[C@H]1O[C@@H](n2cnc3c(=O)[nH]c(N)nc32)[C@](C)(O)[C@@H]1O. The number of thioether (sulfide) groups is 1. The van der Waals surface area contributed by atoms with Crippen molar-refractivity contribution >= 4 is 42.2 Å². The van der Waals surface area contributed by atoms with Crippen molar-refractivity contribution in [1.82, 2.24) is 19.5 Å². The summed E-state index contributed by atoms with van der Waals surface area (Å²) in [6.45, 7) is 6.67. The van der Waals surface area contributed by atoms with E-state index in [2.05, 4.69) is 15.0 Å². The Labute approximate surface area is 200 Å². The molecule has 0 radical (unpaired) electrons. The van der Waals surface area contributed by atoms with Gasteiger partial charge in [-0.3, -0.25) is 19.1 Å². The summed E-state index contributed by atoms with van der Waals surface area (Å²) in [7, 11) is -2.55. The number of nitrogens with one attached hydrogen (secondary N) is 1. The van der Waals surface area contributed by atoms with E-state index in [0.29, 0.717) is 12.2 Å². The molecular weight excluding hydrogens is 489 g/mol. The lowest BCUT2D eigenvalue weighted by atomic mass is 9.92. The first-order chi connectivity index (χ1) is 15.9. The molecule has 0 aliphatic carbocycles. The van der Waals surface area contributed by atoms with Crippen LogP contribution in [0.25, 0.3) is 11.2 Å². The first-order valence-corrected chi connectivity index (χ1v) is 12.6. The van der Waals surface area contributed by atoms with Crippen molar-refractivity contribution < 1.29 is 33.4 Å². The lowest BCUT2D eigenvalue weighted by molar-refractivity contribution is -0.118. The molecule has 0 amide bonds. The van der Waals surface area contributed by atoms with Gasteiger partial charge in [0.25, 0.3) is 5.56 Å². The fraction of sp³-hybridized carbons (Fsp3) is 0.684. The first-order valence-electron chi connectivity index (χ1n) is 10.6. The lowest BCUT2D eigenvalue weighted by Crippen LogP contribution is -2.44. The zero-order valence-electron chi connectivity index (χ0n) is 19.3. The number of H-pyrrole nitrogens is 1. The largest absolute Gasteiger partial charge is 0.697 e. The Hall–Kier alpha value is -1.93. The Morgan fingerprint density at radius 3 is 2.85 bits per heavy atom. The van der Waals surface area contributed by atoms with Gasteiger partial charge in [-0.25, -0.2) is 4.98 Å². The third-order valence-corrected chi connectivity index (χ3v) is 7.69. The normalized spacial score (nSPS) is 25.7. The topological polar surface area (TPSA) is 192 Å². The van der Waals surface area contributed by atoms with E-state index in [-0.39, 0.29) is 35.4 Å². The van der Waals surface area contributed by atoms with Gasteiger partial charge < -0.3 is 20.7 Å². The Kier molecular flexibility index (Phi) is 8.13. The van der Waals surface area contributed by atoms with Crippen molar-refractivity contribution in [3.8, 4) is 0 Å². The molecule has 13 nitrogen and oxygen atoms in total. The Morgan fingerprint density at radius 1 is 1.47 bits per heavy atom. The molecule has 34 heavy (non-hydrogen) atoms. The van der Waals surface area contributed by atoms with Crippen LogP contribution in [-0.4, -0.2) is 71.6 Å². The fourth-order valence-corrected chi connectivity index (χ4v) is 4.84. The lowest BCUT2D eigenvalue weighted by Gasteiger charge is -2.27. The summed E-state index contributed by atoms with van der Waals surface area (Å²) in [5.41, 5.74) is 2.82. The highest BCUT2D eigenvalue weighted by Gasteiger charge is 2.54. The number of carbonyl (C=O) groups excluding carboxylic acids is 1. The molecule has 1 unspecified atom stereocenters. The minimum atomic E-state index is -2.55. The van der Waals surface area contributed by atoms with Crippen LogP contribution in [-0.2, 0) is 23.1 Å². The number of aromatic amines is 1. The quantitative estimate of drug-likeness (QED) is 0.259. The molecule has 5 atom stereocenters. The van der Waals surface area contributed by atoms with E-state index < -0.39 is 43.3 Å². The molecule has 0 spiro atoms. The number of anilines is 1. The molecule has 1 saturated heterocycles. The molecule has 1 fully saturated rings. The van der Waals surface area contributed by atoms with Crippen LogP contribution >= 0.6 is 20.0 Å². The number of ether oxygens (including phenoxy) is 1. The summed E-state index contributed by atoms with van der Waals surface area (Å²) in [5, 5.41) is 21.5. The zero-order chi connectivity index (χ0) is 25.3. The van der Waals surface area contributed by atoms with Crippen LogP contribution in [0.3, 0.4) is 0 Å². The number of nitrogens with two attached hydrogens (primary N) is 1. The van der Waals surface area contributed by atoms with Crippen molar-refractivity contribution in [3.63, 3.8) is 0 Å². The number of aromatic nitrogens is 4. The highest BCUT2D eigenvalue weighted by molar-refractivity contribution is 8.13. The highest BCUT2D eigenvalue weighted by Crippen LogP contribution is 2.40. The number of rotatable bonds is 10. The third kappa shape index (κ3) is 5.48. The van der Waals surface area contributed by atoms with E-state index in [1.54, 1.807) is 0 Å². The van der Waals surface area contributed by atoms with E-state index in [1.165, 1.54) is 17.8 Å². The summed E-state index contributed by atoms with van der Waals surface area (Å²) in [5.74, 6) is 0.166. The predicted molar refractivity (Wildman–Crippen MR) is 124 cm³/mol. The van der Waals surface area contributed by atoms with Crippen LogP contribution in [0.5, 0.6) is 0 Å². The summed E-state index contributed by atoms with van der Waals surface area (Å²) < 4.78 is 29.4. The Bertz CT molecular complexity index is 1120. The van der Waals surface area contributed by atoms with Crippen molar-refractivity contribution in [2.45, 2.75) is 58.2 Å². The summed E-state index contributed by atoms with van der Waals surface area (Å²) in [4.78, 5) is 34.4. The molecule has 1 aliphatic heterocycles. The number of hydrogen-bond acceptors (Lipinski definition) is 12. The van der Waals surface area contributed by atoms with Crippen LogP contribution in [0.1, 0.15) is 40.3 Å². The second-order valence-corrected chi connectivity index (χ2v) is 10.7. The number of imidazole rings is 1. The number of fused-ring (bicyclic) bond motifs is 1. The molecule has 3 heterocycles. The van der Waals surface area contributed by atoms with E-state index in [4.69, 9.17) is 19.5 Å². The number of nitrogens with zero attached hydrogens (tertiary/aromatic N) is 3. The van der Waals surface area contributed by atoms with Crippen molar-refractivity contribution in [2.75, 3.05) is 24.7 Å². The van der Waals surface area contributed by atoms with Crippen LogP contribution in [0.15, 0.2) is 11.1 Å². The van der Waals surface area contributed by atoms with Crippen LogP contribution in [0.4, 0.5) is 5.95 Å². The molecule has 0 saturated carbocycles. The van der Waals surface area contributed by atoms with Gasteiger partial charge in [0.2, 0.25) is 5.95 Å². The molecule has 0 aromatic carbocycles. The van der Waals surface area contributed by atoms with Crippen LogP contribution in [0, 0.1) is 5.41 Å². The van der Waals surface area contributed by atoms with Gasteiger partial charge in [-0.1, -0.05) is 32.5 Å². The van der Waals surface area contributed by atoms with Gasteiger partial charge >= 0.3 is 8.25 Å². The molecule has 2 aromatic heterocycles. The van der Waals surface area contributed by atoms with Gasteiger partial charge in [0.05, 0.1) is 6.33 Å². The maximum Gasteiger partial charge on any atom is 0.697 e. The molecular formula is C19H29N5O8PS+. The van der Waals surface area contributed by atoms with E-state index >= 15 is 0 Å². The standard InChI is InChI=1S/C19H28N5O8PS/c1-5-18(2,3)16(27)34-7-6-30-33(29)31-8-10-12(25)19(4,28)15(32-10)24-9-21-11-13(24)22-17(20)23-14(11)26/h9-10,12,15,25,28H,5-8H2,1-4H3,(H2-,20,22,23,26)/p+1/t10-,12-,15-,19-/m1/s1. The number of aliphatic hydroxyl groups excluding tert-OH is 1. The second-order valence-electron chi connectivity index (χ2n) is 8.70. The molecule has 2 aromatic rings. The van der Waals surface area contributed by atoms with E-state index in [1.807, 2.05) is 20.8 Å². The zero-order valence-corrected chi connectivity index (χ0v) is 21.0. The van der Waals surface area contributed by atoms with E-state index in [0.717, 1.165) is 11.8 Å². The van der Waals surface area contributed by atoms with Gasteiger partial charge in [0.15, 0.2) is 22.5 Å². The summed E-state index contributed by atoms with van der Waals surface area (Å²) in [6.07, 6.45) is -1.73. The van der Waals surface area contributed by atoms with Crippen molar-refractivity contribution in [1.29, 1.82) is 0 Å². The molecule has 1 aliphatic rings. The summed E-state index contributed by atoms with van der Waals surface area (Å²) >= 11 is 1.10. The second kappa shape index (κ2) is 10.4. The van der Waals surface area contributed by atoms with Gasteiger partial charge in [-0.15, -0.1) is 9.05 Å². The third-order valence-electron chi connectivity index (χ3n) is 5.75. The number of nitrogen functional groups attached to an aromatic ring is 1. The molecule has 188 valence electrons. The van der Waals surface area contributed by atoms with Crippen LogP contribution in [0.2, 0.25) is 0 Å². The van der Waals surface area contributed by atoms with Crippen LogP contribution < -0.4 is 11.3 Å². The van der Waals surface area contributed by atoms with Gasteiger partial charge in [-0.05, 0) is 13.3 Å². The fourth-order valence-electron chi connectivity index (χ4n) is 3.25. The van der Waals surface area contributed by atoms with Gasteiger partial charge in [0, 0.05) is 15.7 Å². The first kappa shape index (κ1) is 26.7. The van der Waals surface area contributed by atoms with Crippen molar-refractivity contribution in [2.24, 2.45) is 5.41 Å². The predicted octanol–water partition coefficient (Wildman–Crippen LogP) is 1.10. The Morgan fingerprint density at radius 2 is 2.18 bits per heavy atom. The number of aliphatic hydroxyl groups is 2. The minimum Gasteiger partial charge on any atom is -0.387 e. The Balaban J connectivity index is 1.57. The monoisotopic (exact) mass is 518 g/mol. The molecule has 0 bridgehead atoms. The van der Waals surface area contributed by atoms with E-state index in [9.17, 15) is 24.4 Å². The number of carbonyl (C=O) groups is 1. The maximum absolute atomic E-state index is 12.1. The van der Waals surface area contributed by atoms with Gasteiger partial charge in [-0.2, -0.15) is 4.98 Å². The highest BCUT2D eigenvalue weighted by atomic mass is 32.2. The maximum atomic E-state index is 12.1. The summed E-state index contributed by atoms with van der Waals surface area (Å²) in [6, 6.07) is 0. The average Bonchev–Trinajstić information content (AvgIpc) is 3.28. The molecule has 5 N–H and O–H groups in total. The number of hydrogen-bond donors (Lipinski definition) is 4. The smallest absolute Gasteiger partial charge is 0.387 e. The molecule has 15 heteroatoms. The van der Waals surface area contributed by atoms with Gasteiger partial charge in [0.1, 0.15) is 31.0 Å². The average molecular weight is 519 g/mol.